The molecule has 0 aliphatic carbocycles. The summed E-state index contributed by atoms with van der Waals surface area (Å²) in [6.07, 6.45) is 1.58. The molecule has 0 saturated heterocycles. The van der Waals surface area contributed by atoms with Crippen molar-refractivity contribution in [3.05, 3.63) is 35.6 Å². The van der Waals surface area contributed by atoms with Gasteiger partial charge in [-0.15, -0.1) is 11.6 Å². The maximum Gasteiger partial charge on any atom is 0.158 e. The van der Waals surface area contributed by atoms with Crippen LogP contribution in [0.4, 0.5) is 4.39 Å². The van der Waals surface area contributed by atoms with E-state index in [1.807, 2.05) is 13.8 Å². The first-order chi connectivity index (χ1) is 7.60. The fourth-order valence-corrected chi connectivity index (χ4v) is 2.02. The second-order valence-corrected chi connectivity index (χ2v) is 4.27. The van der Waals surface area contributed by atoms with Crippen molar-refractivity contribution in [3.63, 3.8) is 0 Å². The van der Waals surface area contributed by atoms with Crippen LogP contribution in [0.25, 0.3) is 0 Å². The average Bonchev–Trinajstić information content (AvgIpc) is 2.30. The summed E-state index contributed by atoms with van der Waals surface area (Å²) in [6, 6.07) is 5.77. The number of carbonyl (C=O) groups excluding carboxylic acids is 1. The summed E-state index contributed by atoms with van der Waals surface area (Å²) in [4.78, 5) is 12.0. The van der Waals surface area contributed by atoms with Gasteiger partial charge in [0.1, 0.15) is 11.2 Å². The summed E-state index contributed by atoms with van der Waals surface area (Å²) in [5.41, 5.74) is 0.667. The van der Waals surface area contributed by atoms with Crippen LogP contribution in [0, 0.1) is 11.7 Å². The number of rotatable bonds is 5. The zero-order valence-corrected chi connectivity index (χ0v) is 10.3. The molecule has 16 heavy (non-hydrogen) atoms. The van der Waals surface area contributed by atoms with Crippen LogP contribution in [0.3, 0.4) is 0 Å². The molecule has 0 aromatic heterocycles. The van der Waals surface area contributed by atoms with Crippen molar-refractivity contribution in [1.82, 2.24) is 0 Å². The Balaban J connectivity index is 2.81. The van der Waals surface area contributed by atoms with Crippen LogP contribution in [-0.4, -0.2) is 5.78 Å². The molecule has 0 spiro atoms. The van der Waals surface area contributed by atoms with Crippen LogP contribution in [0.1, 0.15) is 37.6 Å². The minimum atomic E-state index is -0.662. The standard InChI is InChI=1S/C13H16ClFO/c1-3-9(4-2)13(16)12(14)10-5-7-11(15)8-6-10/h5-9,12H,3-4H2,1-2H3. The Morgan fingerprint density at radius 2 is 1.75 bits per heavy atom. The third kappa shape index (κ3) is 3.05. The van der Waals surface area contributed by atoms with Crippen LogP contribution < -0.4 is 0 Å². The Labute approximate surface area is 101 Å². The zero-order chi connectivity index (χ0) is 12.1. The van der Waals surface area contributed by atoms with Gasteiger partial charge in [0.2, 0.25) is 0 Å². The highest BCUT2D eigenvalue weighted by atomic mass is 35.5. The predicted octanol–water partition coefficient (Wildman–Crippen LogP) is 4.11. The lowest BCUT2D eigenvalue weighted by Gasteiger charge is -2.15. The van der Waals surface area contributed by atoms with Gasteiger partial charge in [-0.25, -0.2) is 4.39 Å². The molecule has 88 valence electrons. The van der Waals surface area contributed by atoms with Crippen molar-refractivity contribution >= 4 is 17.4 Å². The molecule has 0 aliphatic rings. The van der Waals surface area contributed by atoms with Gasteiger partial charge in [0.15, 0.2) is 5.78 Å². The normalized spacial score (nSPS) is 12.8. The molecule has 1 aromatic carbocycles. The van der Waals surface area contributed by atoms with E-state index < -0.39 is 5.38 Å². The first kappa shape index (κ1) is 13.2. The summed E-state index contributed by atoms with van der Waals surface area (Å²) in [5, 5.41) is -0.662. The molecule has 0 aliphatic heterocycles. The molecule has 1 nitrogen and oxygen atoms in total. The summed E-state index contributed by atoms with van der Waals surface area (Å²) in [7, 11) is 0. The van der Waals surface area contributed by atoms with Gasteiger partial charge >= 0.3 is 0 Å². The molecule has 0 radical (unpaired) electrons. The van der Waals surface area contributed by atoms with E-state index in [0.29, 0.717) is 5.56 Å². The Morgan fingerprint density at radius 1 is 1.25 bits per heavy atom. The van der Waals surface area contributed by atoms with E-state index in [9.17, 15) is 9.18 Å². The quantitative estimate of drug-likeness (QED) is 0.710. The van der Waals surface area contributed by atoms with Crippen LogP contribution in [0.15, 0.2) is 24.3 Å². The molecular weight excluding hydrogens is 227 g/mol. The summed E-state index contributed by atoms with van der Waals surface area (Å²) >= 11 is 6.09. The van der Waals surface area contributed by atoms with E-state index in [0.717, 1.165) is 12.8 Å². The van der Waals surface area contributed by atoms with Crippen molar-refractivity contribution in [2.45, 2.75) is 32.1 Å². The molecule has 0 fully saturated rings. The Bertz CT molecular complexity index is 343. The Hall–Kier alpha value is -0.890. The number of carbonyl (C=O) groups is 1. The monoisotopic (exact) mass is 242 g/mol. The summed E-state index contributed by atoms with van der Waals surface area (Å²) in [6.45, 7) is 3.95. The Kier molecular flexibility index (Phi) is 4.94. The third-order valence-electron chi connectivity index (χ3n) is 2.80. The minimum Gasteiger partial charge on any atom is -0.297 e. The van der Waals surface area contributed by atoms with Gasteiger partial charge in [0, 0.05) is 5.92 Å². The zero-order valence-electron chi connectivity index (χ0n) is 9.54. The van der Waals surface area contributed by atoms with Crippen molar-refractivity contribution in [2.24, 2.45) is 5.92 Å². The van der Waals surface area contributed by atoms with Crippen molar-refractivity contribution in [1.29, 1.82) is 0 Å². The number of halogens is 2. The van der Waals surface area contributed by atoms with Crippen molar-refractivity contribution in [2.75, 3.05) is 0 Å². The number of ketones is 1. The number of hydrogen-bond donors (Lipinski definition) is 0. The van der Waals surface area contributed by atoms with E-state index in [1.165, 1.54) is 12.1 Å². The van der Waals surface area contributed by atoms with Gasteiger partial charge in [-0.3, -0.25) is 4.79 Å². The predicted molar refractivity (Wildman–Crippen MR) is 64.1 cm³/mol. The molecule has 0 bridgehead atoms. The van der Waals surface area contributed by atoms with E-state index >= 15 is 0 Å². The minimum absolute atomic E-state index is 0.00690. The summed E-state index contributed by atoms with van der Waals surface area (Å²) in [5.74, 6) is -0.298. The number of benzene rings is 1. The van der Waals surface area contributed by atoms with E-state index in [-0.39, 0.29) is 17.5 Å². The molecule has 0 amide bonds. The van der Waals surface area contributed by atoms with E-state index in [2.05, 4.69) is 0 Å². The highest BCUT2D eigenvalue weighted by Gasteiger charge is 2.23. The molecule has 0 saturated carbocycles. The fourth-order valence-electron chi connectivity index (χ4n) is 1.69. The average molecular weight is 243 g/mol. The maximum absolute atomic E-state index is 12.7. The second-order valence-electron chi connectivity index (χ2n) is 3.83. The molecule has 0 heterocycles. The number of Topliss-reactive ketones (excluding diaryl/α,β-unsaturated/α-hetero) is 1. The van der Waals surface area contributed by atoms with Crippen molar-refractivity contribution in [3.8, 4) is 0 Å². The van der Waals surface area contributed by atoms with Crippen molar-refractivity contribution < 1.29 is 9.18 Å². The van der Waals surface area contributed by atoms with Gasteiger partial charge in [0.05, 0.1) is 0 Å². The Morgan fingerprint density at radius 3 is 2.19 bits per heavy atom. The fraction of sp³-hybridized carbons (Fsp3) is 0.462. The lowest BCUT2D eigenvalue weighted by molar-refractivity contribution is -0.122. The van der Waals surface area contributed by atoms with Crippen LogP contribution in [0.5, 0.6) is 0 Å². The first-order valence-corrected chi connectivity index (χ1v) is 5.97. The second kappa shape index (κ2) is 6.00. The number of alkyl halides is 1. The van der Waals surface area contributed by atoms with E-state index in [4.69, 9.17) is 11.6 Å². The lowest BCUT2D eigenvalue weighted by atomic mass is 9.93. The van der Waals surface area contributed by atoms with Gasteiger partial charge in [-0.05, 0) is 30.5 Å². The highest BCUT2D eigenvalue weighted by molar-refractivity contribution is 6.31. The van der Waals surface area contributed by atoms with Gasteiger partial charge in [-0.1, -0.05) is 26.0 Å². The molecule has 1 atom stereocenters. The summed E-state index contributed by atoms with van der Waals surface area (Å²) < 4.78 is 12.7. The van der Waals surface area contributed by atoms with E-state index in [1.54, 1.807) is 12.1 Å². The number of hydrogen-bond acceptors (Lipinski definition) is 1. The molecule has 1 rings (SSSR count). The van der Waals surface area contributed by atoms with Gasteiger partial charge in [-0.2, -0.15) is 0 Å². The van der Waals surface area contributed by atoms with Gasteiger partial charge in [0.25, 0.3) is 0 Å². The van der Waals surface area contributed by atoms with Crippen LogP contribution >= 0.6 is 11.6 Å². The molecule has 1 unspecified atom stereocenters. The third-order valence-corrected chi connectivity index (χ3v) is 3.27. The first-order valence-electron chi connectivity index (χ1n) is 5.53. The molecule has 3 heteroatoms. The largest absolute Gasteiger partial charge is 0.297 e. The topological polar surface area (TPSA) is 17.1 Å². The SMILES string of the molecule is CCC(CC)C(=O)C(Cl)c1ccc(F)cc1. The van der Waals surface area contributed by atoms with Crippen LogP contribution in [-0.2, 0) is 4.79 Å². The maximum atomic E-state index is 12.7. The van der Waals surface area contributed by atoms with Gasteiger partial charge < -0.3 is 0 Å². The smallest absolute Gasteiger partial charge is 0.158 e. The van der Waals surface area contributed by atoms with Crippen LogP contribution in [0.2, 0.25) is 0 Å². The lowest BCUT2D eigenvalue weighted by Crippen LogP contribution is -2.17. The molecule has 0 N–H and O–H groups in total. The highest BCUT2D eigenvalue weighted by Crippen LogP contribution is 2.27. The molecular formula is C13H16ClFO. The molecule has 1 aromatic rings.